The molecule has 0 bridgehead atoms. The zero-order chi connectivity index (χ0) is 11.3. The summed E-state index contributed by atoms with van der Waals surface area (Å²) in [7, 11) is 1.29. The van der Waals surface area contributed by atoms with Gasteiger partial charge in [0.2, 0.25) is 0 Å². The number of hydrogen-bond donors (Lipinski definition) is 1. The molecule has 0 unspecified atom stereocenters. The second kappa shape index (κ2) is 5.13. The Morgan fingerprint density at radius 2 is 2.27 bits per heavy atom. The molecule has 1 aromatic rings. The molecule has 0 aromatic heterocycles. The lowest BCUT2D eigenvalue weighted by Gasteiger charge is -2.09. The lowest BCUT2D eigenvalue weighted by atomic mass is 10.0. The highest BCUT2D eigenvalue weighted by atomic mass is 16.5. The maximum absolute atomic E-state index is 11.1. The Hall–Kier alpha value is -1.86. The highest BCUT2D eigenvalue weighted by molar-refractivity contribution is 5.75. The number of carbonyl (C=O) groups excluding carboxylic acids is 1. The molecule has 0 spiro atoms. The highest BCUT2D eigenvalue weighted by Gasteiger charge is 2.15. The Kier molecular flexibility index (Phi) is 3.83. The molecule has 0 fully saturated rings. The van der Waals surface area contributed by atoms with E-state index in [2.05, 4.69) is 10.8 Å². The van der Waals surface area contributed by atoms with Gasteiger partial charge in [-0.15, -0.1) is 0 Å². The number of nitrogens with two attached hydrogens (primary N) is 1. The van der Waals surface area contributed by atoms with Crippen LogP contribution >= 0.6 is 0 Å². The molecule has 0 saturated carbocycles. The van der Waals surface area contributed by atoms with Crippen molar-refractivity contribution in [2.45, 2.75) is 12.5 Å². The quantitative estimate of drug-likeness (QED) is 0.731. The number of rotatable bonds is 3. The van der Waals surface area contributed by atoms with Gasteiger partial charge in [-0.05, 0) is 18.1 Å². The van der Waals surface area contributed by atoms with Crippen molar-refractivity contribution in [3.05, 3.63) is 35.4 Å². The first-order chi connectivity index (χ1) is 7.19. The summed E-state index contributed by atoms with van der Waals surface area (Å²) in [6.07, 6.45) is 0.316. The van der Waals surface area contributed by atoms with E-state index in [-0.39, 0.29) is 0 Å². The fraction of sp³-hybridized carbons (Fsp3) is 0.273. The van der Waals surface area contributed by atoms with Crippen LogP contribution in [0.25, 0.3) is 0 Å². The highest BCUT2D eigenvalue weighted by Crippen LogP contribution is 2.09. The smallest absolute Gasteiger partial charge is 0.322 e. The predicted molar refractivity (Wildman–Crippen MR) is 54.9 cm³/mol. The van der Waals surface area contributed by atoms with E-state index >= 15 is 0 Å². The standard InChI is InChI=1S/C11H12N2O2/c1-15-11(14)10(13)6-8-4-2-3-5-9(8)7-12/h2-5,10H,6,13H2,1H3/t10-/m0/s1. The lowest BCUT2D eigenvalue weighted by molar-refractivity contribution is -0.142. The molecular formula is C11H12N2O2. The van der Waals surface area contributed by atoms with Gasteiger partial charge in [0.25, 0.3) is 0 Å². The summed E-state index contributed by atoms with van der Waals surface area (Å²) >= 11 is 0. The summed E-state index contributed by atoms with van der Waals surface area (Å²) < 4.78 is 4.51. The minimum absolute atomic E-state index is 0.316. The molecule has 0 heterocycles. The van der Waals surface area contributed by atoms with Gasteiger partial charge in [-0.1, -0.05) is 18.2 Å². The molecule has 0 amide bonds. The van der Waals surface area contributed by atoms with E-state index in [1.807, 2.05) is 0 Å². The van der Waals surface area contributed by atoms with Crippen molar-refractivity contribution in [2.75, 3.05) is 7.11 Å². The zero-order valence-electron chi connectivity index (χ0n) is 8.43. The number of benzene rings is 1. The average Bonchev–Trinajstić information content (AvgIpc) is 2.28. The van der Waals surface area contributed by atoms with E-state index in [0.29, 0.717) is 12.0 Å². The number of carbonyl (C=O) groups is 1. The normalized spacial score (nSPS) is 11.5. The van der Waals surface area contributed by atoms with Crippen molar-refractivity contribution in [1.29, 1.82) is 5.26 Å². The van der Waals surface area contributed by atoms with Crippen LogP contribution in [-0.4, -0.2) is 19.1 Å². The first-order valence-corrected chi connectivity index (χ1v) is 4.50. The summed E-state index contributed by atoms with van der Waals surface area (Å²) in [4.78, 5) is 11.1. The van der Waals surface area contributed by atoms with Crippen LogP contribution in [-0.2, 0) is 16.0 Å². The molecule has 0 aliphatic heterocycles. The molecule has 0 radical (unpaired) electrons. The number of nitrogens with zero attached hydrogens (tertiary/aromatic N) is 1. The van der Waals surface area contributed by atoms with Crippen molar-refractivity contribution in [1.82, 2.24) is 0 Å². The van der Waals surface area contributed by atoms with Gasteiger partial charge in [-0.2, -0.15) is 5.26 Å². The van der Waals surface area contributed by atoms with Crippen molar-refractivity contribution in [2.24, 2.45) is 5.73 Å². The van der Waals surface area contributed by atoms with E-state index in [1.54, 1.807) is 24.3 Å². The van der Waals surface area contributed by atoms with Gasteiger partial charge in [0.05, 0.1) is 18.7 Å². The molecule has 1 aromatic carbocycles. The van der Waals surface area contributed by atoms with Gasteiger partial charge in [0.15, 0.2) is 0 Å². The molecule has 2 N–H and O–H groups in total. The number of esters is 1. The van der Waals surface area contributed by atoms with Crippen molar-refractivity contribution in [3.8, 4) is 6.07 Å². The fourth-order valence-electron chi connectivity index (χ4n) is 1.28. The second-order valence-corrected chi connectivity index (χ2v) is 3.10. The van der Waals surface area contributed by atoms with E-state index in [1.165, 1.54) is 7.11 Å². The van der Waals surface area contributed by atoms with Gasteiger partial charge in [0.1, 0.15) is 6.04 Å². The summed E-state index contributed by atoms with van der Waals surface area (Å²) in [6.45, 7) is 0. The monoisotopic (exact) mass is 204 g/mol. The van der Waals surface area contributed by atoms with Crippen LogP contribution in [0, 0.1) is 11.3 Å². The van der Waals surface area contributed by atoms with E-state index in [9.17, 15) is 4.79 Å². The van der Waals surface area contributed by atoms with E-state index < -0.39 is 12.0 Å². The van der Waals surface area contributed by atoms with Crippen LogP contribution in [0.3, 0.4) is 0 Å². The summed E-state index contributed by atoms with van der Waals surface area (Å²) in [5.74, 6) is -0.470. The Morgan fingerprint density at radius 1 is 1.60 bits per heavy atom. The third-order valence-corrected chi connectivity index (χ3v) is 2.08. The van der Waals surface area contributed by atoms with E-state index in [0.717, 1.165) is 5.56 Å². The maximum Gasteiger partial charge on any atom is 0.322 e. The molecule has 4 nitrogen and oxygen atoms in total. The van der Waals surface area contributed by atoms with E-state index in [4.69, 9.17) is 11.0 Å². The molecular weight excluding hydrogens is 192 g/mol. The Morgan fingerprint density at radius 3 is 2.87 bits per heavy atom. The first-order valence-electron chi connectivity index (χ1n) is 4.50. The van der Waals surface area contributed by atoms with Crippen LogP contribution in [0.5, 0.6) is 0 Å². The number of hydrogen-bond acceptors (Lipinski definition) is 4. The largest absolute Gasteiger partial charge is 0.468 e. The Balaban J connectivity index is 2.81. The number of nitriles is 1. The number of ether oxygens (including phenoxy) is 1. The minimum atomic E-state index is -0.718. The molecule has 1 rings (SSSR count). The van der Waals surface area contributed by atoms with Gasteiger partial charge in [0, 0.05) is 0 Å². The summed E-state index contributed by atoms with van der Waals surface area (Å²) in [6, 6.07) is 8.38. The molecule has 4 heteroatoms. The molecule has 0 aliphatic rings. The van der Waals surface area contributed by atoms with Crippen LogP contribution in [0.15, 0.2) is 24.3 Å². The van der Waals surface area contributed by atoms with Crippen LogP contribution in [0.1, 0.15) is 11.1 Å². The predicted octanol–water partition coefficient (Wildman–Crippen LogP) is 0.601. The molecule has 15 heavy (non-hydrogen) atoms. The maximum atomic E-state index is 11.1. The molecule has 0 saturated heterocycles. The summed E-state index contributed by atoms with van der Waals surface area (Å²) in [5.41, 5.74) is 6.90. The third-order valence-electron chi connectivity index (χ3n) is 2.08. The molecule has 0 aliphatic carbocycles. The van der Waals surface area contributed by atoms with Crippen molar-refractivity contribution in [3.63, 3.8) is 0 Å². The molecule has 78 valence electrons. The van der Waals surface area contributed by atoms with Gasteiger partial charge < -0.3 is 10.5 Å². The van der Waals surface area contributed by atoms with Gasteiger partial charge >= 0.3 is 5.97 Å². The van der Waals surface area contributed by atoms with Gasteiger partial charge in [-0.25, -0.2) is 0 Å². The minimum Gasteiger partial charge on any atom is -0.468 e. The van der Waals surface area contributed by atoms with Crippen molar-refractivity contribution < 1.29 is 9.53 Å². The Bertz CT molecular complexity index is 396. The SMILES string of the molecule is COC(=O)[C@@H](N)Cc1ccccc1C#N. The zero-order valence-corrected chi connectivity index (χ0v) is 8.43. The topological polar surface area (TPSA) is 76.1 Å². The van der Waals surface area contributed by atoms with Crippen LogP contribution in [0.2, 0.25) is 0 Å². The number of methoxy groups -OCH3 is 1. The van der Waals surface area contributed by atoms with Crippen LogP contribution < -0.4 is 5.73 Å². The Labute approximate surface area is 88.3 Å². The summed E-state index contributed by atoms with van der Waals surface area (Å²) in [5, 5.41) is 8.82. The fourth-order valence-corrected chi connectivity index (χ4v) is 1.28. The second-order valence-electron chi connectivity index (χ2n) is 3.10. The first kappa shape index (κ1) is 11.2. The molecule has 1 atom stereocenters. The lowest BCUT2D eigenvalue weighted by Crippen LogP contribution is -2.33. The third kappa shape index (κ3) is 2.79. The van der Waals surface area contributed by atoms with Crippen LogP contribution in [0.4, 0.5) is 0 Å². The average molecular weight is 204 g/mol. The van der Waals surface area contributed by atoms with Gasteiger partial charge in [-0.3, -0.25) is 4.79 Å². The van der Waals surface area contributed by atoms with Crippen molar-refractivity contribution >= 4 is 5.97 Å².